The Hall–Kier alpha value is -1.53. The van der Waals surface area contributed by atoms with Gasteiger partial charge in [0.2, 0.25) is 0 Å². The first-order chi connectivity index (χ1) is 7.18. The minimum atomic E-state index is -0.473. The number of halogens is 1. The van der Waals surface area contributed by atoms with Crippen LogP contribution < -0.4 is 0 Å². The molecule has 0 bridgehead atoms. The highest BCUT2D eigenvalue weighted by Crippen LogP contribution is 2.30. The zero-order valence-corrected chi connectivity index (χ0v) is 8.83. The van der Waals surface area contributed by atoms with Crippen molar-refractivity contribution in [1.82, 2.24) is 9.59 Å². The van der Waals surface area contributed by atoms with Gasteiger partial charge in [0.15, 0.2) is 0 Å². The summed E-state index contributed by atoms with van der Waals surface area (Å²) in [5.74, 6) is 0. The summed E-state index contributed by atoms with van der Waals surface area (Å²) in [6, 6.07) is 4.22. The van der Waals surface area contributed by atoms with Gasteiger partial charge >= 0.3 is 0 Å². The highest BCUT2D eigenvalue weighted by atomic mass is 35.5. The molecule has 0 unspecified atom stereocenters. The summed E-state index contributed by atoms with van der Waals surface area (Å²) >= 11 is 7.07. The first kappa shape index (κ1) is 10.0. The van der Waals surface area contributed by atoms with Gasteiger partial charge < -0.3 is 0 Å². The summed E-state index contributed by atoms with van der Waals surface area (Å²) < 4.78 is 3.68. The minimum Gasteiger partial charge on any atom is -0.258 e. The maximum absolute atomic E-state index is 10.6. The summed E-state index contributed by atoms with van der Waals surface area (Å²) in [6.45, 7) is 0. The molecule has 1 aromatic carbocycles. The lowest BCUT2D eigenvalue weighted by Gasteiger charge is -1.99. The number of nitro groups is 1. The van der Waals surface area contributed by atoms with Gasteiger partial charge in [0.25, 0.3) is 5.69 Å². The molecule has 2 rings (SSSR count). The second kappa shape index (κ2) is 3.92. The predicted molar refractivity (Wildman–Crippen MR) is 57.0 cm³/mol. The van der Waals surface area contributed by atoms with Crippen LogP contribution >= 0.6 is 23.1 Å². The topological polar surface area (TPSA) is 68.9 Å². The molecule has 7 heteroatoms. The van der Waals surface area contributed by atoms with Crippen LogP contribution in [0.15, 0.2) is 23.6 Å². The Morgan fingerprint density at radius 3 is 2.87 bits per heavy atom. The summed E-state index contributed by atoms with van der Waals surface area (Å²) in [5.41, 5.74) is 1.07. The van der Waals surface area contributed by atoms with Gasteiger partial charge in [-0.1, -0.05) is 16.1 Å². The molecular weight excluding hydrogens is 238 g/mol. The van der Waals surface area contributed by atoms with Crippen molar-refractivity contribution in [3.8, 4) is 11.3 Å². The Morgan fingerprint density at radius 1 is 1.47 bits per heavy atom. The van der Waals surface area contributed by atoms with E-state index in [0.717, 1.165) is 0 Å². The molecule has 1 aromatic heterocycles. The van der Waals surface area contributed by atoms with E-state index in [1.54, 1.807) is 5.38 Å². The predicted octanol–water partition coefficient (Wildman–Crippen LogP) is 2.77. The molecule has 0 saturated heterocycles. The standard InChI is InChI=1S/C8H4ClN3O2S/c9-7-2-1-5(12(13)14)3-6(7)8-4-15-11-10-8/h1-4H. The molecule has 0 aliphatic carbocycles. The molecule has 2 aromatic rings. The quantitative estimate of drug-likeness (QED) is 0.599. The lowest BCUT2D eigenvalue weighted by molar-refractivity contribution is -0.384. The second-order valence-electron chi connectivity index (χ2n) is 2.71. The van der Waals surface area contributed by atoms with E-state index in [1.807, 2.05) is 0 Å². The number of hydrogen-bond acceptors (Lipinski definition) is 5. The maximum atomic E-state index is 10.6. The zero-order valence-electron chi connectivity index (χ0n) is 7.25. The molecular formula is C8H4ClN3O2S. The fourth-order valence-electron chi connectivity index (χ4n) is 1.11. The number of benzene rings is 1. The van der Waals surface area contributed by atoms with E-state index in [1.165, 1.54) is 29.7 Å². The van der Waals surface area contributed by atoms with Gasteiger partial charge in [-0.15, -0.1) is 5.10 Å². The van der Waals surface area contributed by atoms with E-state index >= 15 is 0 Å². The molecule has 0 atom stereocenters. The number of rotatable bonds is 2. The van der Waals surface area contributed by atoms with Crippen molar-refractivity contribution in [2.75, 3.05) is 0 Å². The van der Waals surface area contributed by atoms with Gasteiger partial charge in [0.05, 0.1) is 9.95 Å². The van der Waals surface area contributed by atoms with Crippen molar-refractivity contribution >= 4 is 28.8 Å². The molecule has 76 valence electrons. The monoisotopic (exact) mass is 241 g/mol. The molecule has 5 nitrogen and oxygen atoms in total. The molecule has 0 fully saturated rings. The lowest BCUT2D eigenvalue weighted by atomic mass is 10.1. The Kier molecular flexibility index (Phi) is 2.61. The van der Waals surface area contributed by atoms with Gasteiger partial charge in [0.1, 0.15) is 5.69 Å². The third-order valence-corrected chi connectivity index (χ3v) is 2.63. The van der Waals surface area contributed by atoms with Crippen molar-refractivity contribution in [3.63, 3.8) is 0 Å². The number of aromatic nitrogens is 2. The van der Waals surface area contributed by atoms with E-state index in [0.29, 0.717) is 16.3 Å². The maximum Gasteiger partial charge on any atom is 0.270 e. The summed E-state index contributed by atoms with van der Waals surface area (Å²) in [5, 5.41) is 16.5. The minimum absolute atomic E-state index is 0.0117. The number of hydrogen-bond donors (Lipinski definition) is 0. The van der Waals surface area contributed by atoms with Crippen molar-refractivity contribution in [2.24, 2.45) is 0 Å². The van der Waals surface area contributed by atoms with Crippen LogP contribution in [0.4, 0.5) is 5.69 Å². The van der Waals surface area contributed by atoms with E-state index < -0.39 is 4.92 Å². The van der Waals surface area contributed by atoms with Gasteiger partial charge in [-0.25, -0.2) is 0 Å². The van der Waals surface area contributed by atoms with Crippen LogP contribution in [0.5, 0.6) is 0 Å². The van der Waals surface area contributed by atoms with Crippen LogP contribution in [-0.2, 0) is 0 Å². The Labute approximate surface area is 93.6 Å². The molecule has 0 spiro atoms. The number of non-ortho nitro benzene ring substituents is 1. The molecule has 0 aliphatic rings. The van der Waals surface area contributed by atoms with Crippen molar-refractivity contribution in [1.29, 1.82) is 0 Å². The Balaban J connectivity index is 2.55. The highest BCUT2D eigenvalue weighted by molar-refractivity contribution is 7.03. The molecule has 0 N–H and O–H groups in total. The third-order valence-electron chi connectivity index (χ3n) is 1.80. The molecule has 0 aliphatic heterocycles. The van der Waals surface area contributed by atoms with Gasteiger partial charge in [-0.05, 0) is 17.6 Å². The lowest BCUT2D eigenvalue weighted by Crippen LogP contribution is -1.89. The molecule has 0 saturated carbocycles. The van der Waals surface area contributed by atoms with Crippen LogP contribution in [0.2, 0.25) is 5.02 Å². The molecule has 15 heavy (non-hydrogen) atoms. The van der Waals surface area contributed by atoms with Crippen molar-refractivity contribution < 1.29 is 4.92 Å². The SMILES string of the molecule is O=[N+]([O-])c1ccc(Cl)c(-c2csnn2)c1. The first-order valence-corrected chi connectivity index (χ1v) is 5.11. The van der Waals surface area contributed by atoms with E-state index in [-0.39, 0.29) is 5.69 Å². The number of nitro benzene ring substituents is 1. The van der Waals surface area contributed by atoms with Crippen LogP contribution in [0.3, 0.4) is 0 Å². The van der Waals surface area contributed by atoms with E-state index in [9.17, 15) is 10.1 Å². The van der Waals surface area contributed by atoms with Crippen molar-refractivity contribution in [3.05, 3.63) is 38.7 Å². The summed E-state index contributed by atoms with van der Waals surface area (Å²) in [4.78, 5) is 10.1. The second-order valence-corrected chi connectivity index (χ2v) is 3.73. The smallest absolute Gasteiger partial charge is 0.258 e. The van der Waals surface area contributed by atoms with Gasteiger partial charge in [-0.2, -0.15) is 0 Å². The van der Waals surface area contributed by atoms with Crippen LogP contribution in [0.1, 0.15) is 0 Å². The average Bonchev–Trinajstić information content (AvgIpc) is 2.71. The van der Waals surface area contributed by atoms with Crippen LogP contribution in [-0.4, -0.2) is 14.5 Å². The highest BCUT2D eigenvalue weighted by Gasteiger charge is 2.12. The van der Waals surface area contributed by atoms with Gasteiger partial charge in [0, 0.05) is 23.1 Å². The Morgan fingerprint density at radius 2 is 2.27 bits per heavy atom. The third kappa shape index (κ3) is 1.95. The summed E-state index contributed by atoms with van der Waals surface area (Å²) in [7, 11) is 0. The van der Waals surface area contributed by atoms with Crippen molar-refractivity contribution in [2.45, 2.75) is 0 Å². The first-order valence-electron chi connectivity index (χ1n) is 3.90. The van der Waals surface area contributed by atoms with Crippen LogP contribution in [0.25, 0.3) is 11.3 Å². The molecule has 0 amide bonds. The zero-order chi connectivity index (χ0) is 10.8. The normalized spacial score (nSPS) is 10.2. The van der Waals surface area contributed by atoms with E-state index in [2.05, 4.69) is 9.59 Å². The van der Waals surface area contributed by atoms with Crippen LogP contribution in [0, 0.1) is 10.1 Å². The molecule has 0 radical (unpaired) electrons. The largest absolute Gasteiger partial charge is 0.270 e. The molecule has 1 heterocycles. The van der Waals surface area contributed by atoms with E-state index in [4.69, 9.17) is 11.6 Å². The number of nitrogens with zero attached hydrogens (tertiary/aromatic N) is 3. The van der Waals surface area contributed by atoms with Gasteiger partial charge in [-0.3, -0.25) is 10.1 Å². The fourth-order valence-corrected chi connectivity index (χ4v) is 1.78. The average molecular weight is 242 g/mol. The Bertz CT molecular complexity index is 501. The summed E-state index contributed by atoms with van der Waals surface area (Å²) in [6.07, 6.45) is 0. The fraction of sp³-hybridized carbons (Fsp3) is 0.